The van der Waals surface area contributed by atoms with Crippen LogP contribution < -0.4 is 10.1 Å². The predicted octanol–water partition coefficient (Wildman–Crippen LogP) is 4.14. The van der Waals surface area contributed by atoms with Gasteiger partial charge in [-0.15, -0.1) is 0 Å². The van der Waals surface area contributed by atoms with Crippen molar-refractivity contribution in [2.45, 2.75) is 46.3 Å². The van der Waals surface area contributed by atoms with E-state index in [0.717, 1.165) is 29.7 Å². The van der Waals surface area contributed by atoms with E-state index in [0.29, 0.717) is 6.54 Å². The highest BCUT2D eigenvalue weighted by molar-refractivity contribution is 5.67. The predicted molar refractivity (Wildman–Crippen MR) is 85.4 cm³/mol. The summed E-state index contributed by atoms with van der Waals surface area (Å²) in [6, 6.07) is 5.69. The summed E-state index contributed by atoms with van der Waals surface area (Å²) in [6.07, 6.45) is 3.46. The molecule has 0 radical (unpaired) electrons. The number of carbonyl (C=O) groups is 1. The third-order valence-corrected chi connectivity index (χ3v) is 2.83. The first-order chi connectivity index (χ1) is 10.1. The van der Waals surface area contributed by atoms with E-state index in [4.69, 9.17) is 9.47 Å². The number of alkyl carbamates (subject to hydrolysis) is 1. The molecule has 1 rings (SSSR count). The van der Waals surface area contributed by atoms with Gasteiger partial charge >= 0.3 is 6.09 Å². The molecule has 1 N–H and O–H groups in total. The van der Waals surface area contributed by atoms with Crippen LogP contribution in [0.2, 0.25) is 0 Å². The summed E-state index contributed by atoms with van der Waals surface area (Å²) in [6.45, 7) is 10.7. The Hall–Kier alpha value is -1.97. The Balaban J connectivity index is 2.56. The lowest BCUT2D eigenvalue weighted by molar-refractivity contribution is 0.139. The fraction of sp³-hybridized carbons (Fsp3) is 0.471. The van der Waals surface area contributed by atoms with Gasteiger partial charge in [-0.2, -0.15) is 0 Å². The lowest BCUT2D eigenvalue weighted by atomic mass is 10.1. The Morgan fingerprint density at radius 2 is 2.19 bits per heavy atom. The summed E-state index contributed by atoms with van der Waals surface area (Å²) < 4.78 is 10.9. The lowest BCUT2D eigenvalue weighted by Crippen LogP contribution is -2.25. The molecule has 0 fully saturated rings. The molecule has 0 aliphatic carbocycles. The molecule has 4 heteroatoms. The number of rotatable bonds is 8. The highest BCUT2D eigenvalue weighted by Gasteiger charge is 2.06. The van der Waals surface area contributed by atoms with Gasteiger partial charge in [0.15, 0.2) is 0 Å². The molecule has 1 aromatic carbocycles. The van der Waals surface area contributed by atoms with E-state index >= 15 is 0 Å². The monoisotopic (exact) mass is 291 g/mol. The Morgan fingerprint density at radius 3 is 2.81 bits per heavy atom. The molecule has 0 aliphatic heterocycles. The van der Waals surface area contributed by atoms with Gasteiger partial charge in [0.2, 0.25) is 0 Å². The van der Waals surface area contributed by atoms with Crippen molar-refractivity contribution in [3.63, 3.8) is 0 Å². The molecule has 0 aromatic heterocycles. The van der Waals surface area contributed by atoms with Gasteiger partial charge in [-0.1, -0.05) is 32.1 Å². The van der Waals surface area contributed by atoms with Gasteiger partial charge in [-0.05, 0) is 38.0 Å². The molecular formula is C17H25NO3. The smallest absolute Gasteiger partial charge is 0.407 e. The molecule has 0 atom stereocenters. The largest absolute Gasteiger partial charge is 0.490 e. The molecule has 0 spiro atoms. The van der Waals surface area contributed by atoms with Gasteiger partial charge in [-0.25, -0.2) is 4.79 Å². The van der Waals surface area contributed by atoms with E-state index in [1.807, 2.05) is 32.0 Å². The standard InChI is InChI=1S/C17H25NO3/c1-5-7-10-18-17(19)20-12-14-8-9-16(21-13(3)4)15(6-2)11-14/h6,8-9,11,13H,2,5,7,10,12H2,1,3-4H3,(H,18,19). The van der Waals surface area contributed by atoms with Crippen molar-refractivity contribution in [1.82, 2.24) is 5.32 Å². The van der Waals surface area contributed by atoms with Crippen LogP contribution in [0.3, 0.4) is 0 Å². The minimum atomic E-state index is -0.383. The molecule has 1 amide bonds. The number of benzene rings is 1. The summed E-state index contributed by atoms with van der Waals surface area (Å²) in [7, 11) is 0. The number of ether oxygens (including phenoxy) is 2. The number of carbonyl (C=O) groups excluding carboxylic acids is 1. The topological polar surface area (TPSA) is 47.6 Å². The minimum Gasteiger partial charge on any atom is -0.490 e. The number of hydrogen-bond donors (Lipinski definition) is 1. The quantitative estimate of drug-likeness (QED) is 0.732. The van der Waals surface area contributed by atoms with Gasteiger partial charge in [0.05, 0.1) is 6.10 Å². The van der Waals surface area contributed by atoms with E-state index < -0.39 is 0 Å². The Bertz CT molecular complexity index is 469. The van der Waals surface area contributed by atoms with Gasteiger partial charge in [0.25, 0.3) is 0 Å². The first-order valence-electron chi connectivity index (χ1n) is 7.39. The van der Waals surface area contributed by atoms with Crippen LogP contribution in [0, 0.1) is 0 Å². The SMILES string of the molecule is C=Cc1cc(COC(=O)NCCCC)ccc1OC(C)C. The number of nitrogens with one attached hydrogen (secondary N) is 1. The van der Waals surface area contributed by atoms with E-state index in [2.05, 4.69) is 18.8 Å². The first-order valence-corrected chi connectivity index (χ1v) is 7.39. The van der Waals surface area contributed by atoms with Crippen LogP contribution in [0.4, 0.5) is 4.79 Å². The Morgan fingerprint density at radius 1 is 1.43 bits per heavy atom. The van der Waals surface area contributed by atoms with Gasteiger partial charge in [-0.3, -0.25) is 0 Å². The number of hydrogen-bond acceptors (Lipinski definition) is 3. The summed E-state index contributed by atoms with van der Waals surface area (Å²) in [5.74, 6) is 0.788. The maximum absolute atomic E-state index is 11.5. The van der Waals surface area contributed by atoms with Crippen molar-refractivity contribution in [1.29, 1.82) is 0 Å². The van der Waals surface area contributed by atoms with E-state index in [-0.39, 0.29) is 18.8 Å². The van der Waals surface area contributed by atoms with E-state index in [9.17, 15) is 4.79 Å². The maximum Gasteiger partial charge on any atom is 0.407 e. The van der Waals surface area contributed by atoms with Gasteiger partial charge < -0.3 is 14.8 Å². The van der Waals surface area contributed by atoms with Crippen molar-refractivity contribution in [2.75, 3.05) is 6.54 Å². The third-order valence-electron chi connectivity index (χ3n) is 2.83. The van der Waals surface area contributed by atoms with Crippen molar-refractivity contribution in [2.24, 2.45) is 0 Å². The fourth-order valence-electron chi connectivity index (χ4n) is 1.78. The molecule has 116 valence electrons. The van der Waals surface area contributed by atoms with Crippen LogP contribution in [0.15, 0.2) is 24.8 Å². The van der Waals surface area contributed by atoms with Crippen LogP contribution >= 0.6 is 0 Å². The van der Waals surface area contributed by atoms with Crippen LogP contribution in [0.1, 0.15) is 44.7 Å². The zero-order chi connectivity index (χ0) is 15.7. The van der Waals surface area contributed by atoms with Crippen molar-refractivity contribution >= 4 is 12.2 Å². The lowest BCUT2D eigenvalue weighted by Gasteiger charge is -2.14. The maximum atomic E-state index is 11.5. The van der Waals surface area contributed by atoms with Gasteiger partial charge in [0.1, 0.15) is 12.4 Å². The highest BCUT2D eigenvalue weighted by Crippen LogP contribution is 2.23. The average Bonchev–Trinajstić information content (AvgIpc) is 2.46. The van der Waals surface area contributed by atoms with Gasteiger partial charge in [0, 0.05) is 12.1 Å². The van der Waals surface area contributed by atoms with Crippen molar-refractivity contribution in [3.05, 3.63) is 35.9 Å². The zero-order valence-corrected chi connectivity index (χ0v) is 13.1. The highest BCUT2D eigenvalue weighted by atomic mass is 16.5. The Labute approximate surface area is 127 Å². The number of unbranched alkanes of at least 4 members (excludes halogenated alkanes) is 1. The summed E-state index contributed by atoms with van der Waals surface area (Å²) in [4.78, 5) is 11.5. The van der Waals surface area contributed by atoms with Crippen molar-refractivity contribution < 1.29 is 14.3 Å². The average molecular weight is 291 g/mol. The van der Waals surface area contributed by atoms with Crippen LogP contribution in [0.25, 0.3) is 6.08 Å². The molecule has 0 heterocycles. The van der Waals surface area contributed by atoms with Crippen LogP contribution in [0.5, 0.6) is 5.75 Å². The minimum absolute atomic E-state index is 0.107. The molecule has 0 saturated carbocycles. The molecule has 0 aliphatic rings. The third kappa shape index (κ3) is 6.34. The number of amides is 1. The second-order valence-corrected chi connectivity index (χ2v) is 5.10. The molecule has 0 bridgehead atoms. The summed E-state index contributed by atoms with van der Waals surface area (Å²) in [5, 5.41) is 2.71. The first kappa shape index (κ1) is 17.1. The normalized spacial score (nSPS) is 10.3. The molecule has 4 nitrogen and oxygen atoms in total. The molecule has 0 saturated heterocycles. The van der Waals surface area contributed by atoms with Crippen molar-refractivity contribution in [3.8, 4) is 5.75 Å². The Kier molecular flexibility index (Phi) is 7.37. The molecule has 1 aromatic rings. The second-order valence-electron chi connectivity index (χ2n) is 5.10. The molecular weight excluding hydrogens is 266 g/mol. The van der Waals surface area contributed by atoms with E-state index in [1.165, 1.54) is 0 Å². The summed E-state index contributed by atoms with van der Waals surface area (Å²) in [5.41, 5.74) is 1.81. The zero-order valence-electron chi connectivity index (χ0n) is 13.1. The second kappa shape index (κ2) is 9.06. The summed E-state index contributed by atoms with van der Waals surface area (Å²) >= 11 is 0. The fourth-order valence-corrected chi connectivity index (χ4v) is 1.78. The molecule has 0 unspecified atom stereocenters. The van der Waals surface area contributed by atoms with Crippen LogP contribution in [-0.4, -0.2) is 18.7 Å². The van der Waals surface area contributed by atoms with Crippen LogP contribution in [-0.2, 0) is 11.3 Å². The molecule has 21 heavy (non-hydrogen) atoms. The van der Waals surface area contributed by atoms with E-state index in [1.54, 1.807) is 6.08 Å².